The van der Waals surface area contributed by atoms with Crippen LogP contribution >= 0.6 is 11.3 Å². The van der Waals surface area contributed by atoms with Crippen LogP contribution in [0.25, 0.3) is 0 Å². The number of amides is 1. The van der Waals surface area contributed by atoms with Crippen LogP contribution in [-0.2, 0) is 13.2 Å². The van der Waals surface area contributed by atoms with Gasteiger partial charge in [-0.05, 0) is 62.6 Å². The Kier molecular flexibility index (Phi) is 7.04. The highest BCUT2D eigenvalue weighted by Crippen LogP contribution is 2.21. The van der Waals surface area contributed by atoms with Crippen LogP contribution in [-0.4, -0.2) is 21.8 Å². The first-order chi connectivity index (χ1) is 14.0. The van der Waals surface area contributed by atoms with Gasteiger partial charge in [-0.1, -0.05) is 31.2 Å². The molecule has 0 aliphatic carbocycles. The van der Waals surface area contributed by atoms with Crippen LogP contribution in [0.15, 0.2) is 53.9 Å². The number of rotatable bonds is 8. The van der Waals surface area contributed by atoms with Crippen molar-refractivity contribution in [2.24, 2.45) is 0 Å². The monoisotopic (exact) mass is 408 g/mol. The molecule has 3 rings (SSSR count). The first-order valence-corrected chi connectivity index (χ1v) is 10.8. The fraction of sp³-hybridized carbons (Fsp3) is 0.333. The Morgan fingerprint density at radius 1 is 1.14 bits per heavy atom. The molecule has 0 spiro atoms. The number of carbonyl (C=O) groups is 1. The molecule has 0 N–H and O–H groups in total. The highest BCUT2D eigenvalue weighted by atomic mass is 32.1. The van der Waals surface area contributed by atoms with E-state index in [9.17, 15) is 4.79 Å². The number of aromatic nitrogens is 1. The quantitative estimate of drug-likeness (QED) is 0.474. The number of carbonyl (C=O) groups excluding carboxylic acids is 1. The molecule has 0 saturated heterocycles. The molecule has 152 valence electrons. The second-order valence-corrected chi connectivity index (χ2v) is 8.27. The van der Waals surface area contributed by atoms with Gasteiger partial charge in [0.1, 0.15) is 17.4 Å². The van der Waals surface area contributed by atoms with E-state index in [0.717, 1.165) is 22.9 Å². The summed E-state index contributed by atoms with van der Waals surface area (Å²) in [6.07, 6.45) is 0.894. The molecule has 1 heterocycles. The number of hydrogen-bond donors (Lipinski definition) is 0. The predicted octanol–water partition coefficient (Wildman–Crippen LogP) is 5.78. The lowest BCUT2D eigenvalue weighted by Gasteiger charge is -2.28. The minimum Gasteiger partial charge on any atom is -0.486 e. The Morgan fingerprint density at radius 2 is 1.90 bits per heavy atom. The molecule has 1 aromatic heterocycles. The number of benzene rings is 2. The maximum absolute atomic E-state index is 13.0. The van der Waals surface area contributed by atoms with E-state index < -0.39 is 0 Å². The number of aryl methyl sites for hydroxylation is 2. The summed E-state index contributed by atoms with van der Waals surface area (Å²) in [5.41, 5.74) is 4.08. The van der Waals surface area contributed by atoms with E-state index in [0.29, 0.717) is 18.7 Å². The zero-order valence-corrected chi connectivity index (χ0v) is 18.3. The minimum atomic E-state index is 0.0425. The van der Waals surface area contributed by atoms with Crippen molar-refractivity contribution in [2.75, 3.05) is 0 Å². The van der Waals surface area contributed by atoms with E-state index in [1.54, 1.807) is 11.3 Å². The van der Waals surface area contributed by atoms with Gasteiger partial charge in [0.25, 0.3) is 5.91 Å². The van der Waals surface area contributed by atoms with Gasteiger partial charge in [0.2, 0.25) is 0 Å². The van der Waals surface area contributed by atoms with Crippen molar-refractivity contribution in [1.29, 1.82) is 0 Å². The summed E-state index contributed by atoms with van der Waals surface area (Å²) in [6.45, 7) is 9.28. The Morgan fingerprint density at radius 3 is 2.59 bits per heavy atom. The van der Waals surface area contributed by atoms with Crippen molar-refractivity contribution in [1.82, 2.24) is 9.88 Å². The molecular weight excluding hydrogens is 380 g/mol. The van der Waals surface area contributed by atoms with E-state index in [1.807, 2.05) is 52.7 Å². The summed E-state index contributed by atoms with van der Waals surface area (Å²) in [7, 11) is 0. The van der Waals surface area contributed by atoms with Crippen molar-refractivity contribution < 1.29 is 9.53 Å². The molecule has 2 aromatic carbocycles. The van der Waals surface area contributed by atoms with Crippen molar-refractivity contribution >= 4 is 17.2 Å². The number of ether oxygens (including phenoxy) is 1. The lowest BCUT2D eigenvalue weighted by molar-refractivity contribution is 0.0669. The van der Waals surface area contributed by atoms with Gasteiger partial charge in [-0.25, -0.2) is 4.98 Å². The van der Waals surface area contributed by atoms with Gasteiger partial charge in [0, 0.05) is 17.0 Å². The SMILES string of the molecule is CCC(C)N(Cc1csc(COc2ccc(C)c(C)c2)n1)C(=O)c1ccccc1. The van der Waals surface area contributed by atoms with Gasteiger partial charge in [-0.3, -0.25) is 4.79 Å². The van der Waals surface area contributed by atoms with Crippen LogP contribution in [0.1, 0.15) is 52.5 Å². The van der Waals surface area contributed by atoms with E-state index in [4.69, 9.17) is 9.72 Å². The third-order valence-electron chi connectivity index (χ3n) is 5.18. The highest BCUT2D eigenvalue weighted by Gasteiger charge is 2.21. The maximum atomic E-state index is 13.0. The van der Waals surface area contributed by atoms with Crippen molar-refractivity contribution in [3.05, 3.63) is 81.3 Å². The van der Waals surface area contributed by atoms with Crippen LogP contribution in [0.3, 0.4) is 0 Å². The molecule has 0 aliphatic rings. The molecule has 3 aromatic rings. The normalized spacial score (nSPS) is 11.9. The van der Waals surface area contributed by atoms with Crippen molar-refractivity contribution in [3.63, 3.8) is 0 Å². The van der Waals surface area contributed by atoms with Gasteiger partial charge >= 0.3 is 0 Å². The molecule has 0 radical (unpaired) electrons. The van der Waals surface area contributed by atoms with Crippen LogP contribution in [0.5, 0.6) is 5.75 Å². The van der Waals surface area contributed by atoms with Gasteiger partial charge < -0.3 is 9.64 Å². The summed E-state index contributed by atoms with van der Waals surface area (Å²) >= 11 is 1.57. The summed E-state index contributed by atoms with van der Waals surface area (Å²) < 4.78 is 5.90. The Hall–Kier alpha value is -2.66. The van der Waals surface area contributed by atoms with Crippen LogP contribution < -0.4 is 4.74 Å². The van der Waals surface area contributed by atoms with Crippen LogP contribution in [0, 0.1) is 13.8 Å². The molecule has 1 unspecified atom stereocenters. The maximum Gasteiger partial charge on any atom is 0.254 e. The third-order valence-corrected chi connectivity index (χ3v) is 6.05. The molecule has 0 aliphatic heterocycles. The number of hydrogen-bond acceptors (Lipinski definition) is 4. The molecular formula is C24H28N2O2S. The summed E-state index contributed by atoms with van der Waals surface area (Å²) in [5.74, 6) is 0.895. The van der Waals surface area contributed by atoms with Gasteiger partial charge in [0.15, 0.2) is 0 Å². The minimum absolute atomic E-state index is 0.0425. The lowest BCUT2D eigenvalue weighted by atomic mass is 10.1. The Bertz CT molecular complexity index is 953. The predicted molar refractivity (Wildman–Crippen MR) is 118 cm³/mol. The third kappa shape index (κ3) is 5.45. The molecule has 5 heteroatoms. The second-order valence-electron chi connectivity index (χ2n) is 7.32. The highest BCUT2D eigenvalue weighted by molar-refractivity contribution is 7.09. The molecule has 4 nitrogen and oxygen atoms in total. The first kappa shape index (κ1) is 21.1. The number of nitrogens with zero attached hydrogens (tertiary/aromatic N) is 2. The zero-order chi connectivity index (χ0) is 20.8. The molecule has 0 fully saturated rings. The molecule has 1 atom stereocenters. The topological polar surface area (TPSA) is 42.4 Å². The summed E-state index contributed by atoms with van der Waals surface area (Å²) in [5, 5.41) is 2.93. The zero-order valence-electron chi connectivity index (χ0n) is 17.5. The van der Waals surface area contributed by atoms with Gasteiger partial charge in [0.05, 0.1) is 12.2 Å². The fourth-order valence-electron chi connectivity index (χ4n) is 3.01. The van der Waals surface area contributed by atoms with Crippen molar-refractivity contribution in [2.45, 2.75) is 53.3 Å². The standard InChI is InChI=1S/C24H28N2O2S/c1-5-19(4)26(24(27)20-9-7-6-8-10-20)14-21-16-29-23(25-21)15-28-22-12-11-17(2)18(3)13-22/h6-13,16,19H,5,14-15H2,1-4H3. The summed E-state index contributed by atoms with van der Waals surface area (Å²) in [6, 6.07) is 15.7. The first-order valence-electron chi connectivity index (χ1n) is 9.97. The van der Waals surface area contributed by atoms with E-state index >= 15 is 0 Å². The van der Waals surface area contributed by atoms with E-state index in [2.05, 4.69) is 33.8 Å². The van der Waals surface area contributed by atoms with Gasteiger partial charge in [-0.2, -0.15) is 0 Å². The summed E-state index contributed by atoms with van der Waals surface area (Å²) in [4.78, 5) is 19.6. The average Bonchev–Trinajstić information content (AvgIpc) is 3.20. The van der Waals surface area contributed by atoms with Gasteiger partial charge in [-0.15, -0.1) is 11.3 Å². The van der Waals surface area contributed by atoms with Crippen LogP contribution in [0.4, 0.5) is 0 Å². The smallest absolute Gasteiger partial charge is 0.254 e. The molecule has 29 heavy (non-hydrogen) atoms. The molecule has 0 saturated carbocycles. The largest absolute Gasteiger partial charge is 0.486 e. The fourth-order valence-corrected chi connectivity index (χ4v) is 3.70. The average molecular weight is 409 g/mol. The second kappa shape index (κ2) is 9.70. The van der Waals surface area contributed by atoms with E-state index in [-0.39, 0.29) is 11.9 Å². The van der Waals surface area contributed by atoms with Crippen LogP contribution in [0.2, 0.25) is 0 Å². The van der Waals surface area contributed by atoms with Crippen molar-refractivity contribution in [3.8, 4) is 5.75 Å². The molecule has 0 bridgehead atoms. The molecule has 1 amide bonds. The number of thiazole rings is 1. The Labute approximate surface area is 177 Å². The Balaban J connectivity index is 1.67. The van der Waals surface area contributed by atoms with E-state index in [1.165, 1.54) is 11.1 Å². The lowest BCUT2D eigenvalue weighted by Crippen LogP contribution is -2.37.